The molecule has 0 aliphatic heterocycles. The molecule has 0 bridgehead atoms. The van der Waals surface area contributed by atoms with E-state index in [0.717, 1.165) is 5.56 Å². The van der Waals surface area contributed by atoms with Crippen molar-refractivity contribution in [3.63, 3.8) is 0 Å². The molecule has 0 fully saturated rings. The van der Waals surface area contributed by atoms with Crippen LogP contribution in [0.1, 0.15) is 40.9 Å². The summed E-state index contributed by atoms with van der Waals surface area (Å²) in [5.74, 6) is -0.152. The Kier molecular flexibility index (Phi) is 5.68. The maximum absolute atomic E-state index is 12.5. The quantitative estimate of drug-likeness (QED) is 0.852. The number of alkyl halides is 2. The van der Waals surface area contributed by atoms with Gasteiger partial charge in [-0.25, -0.2) is 0 Å². The van der Waals surface area contributed by atoms with Crippen LogP contribution in [0.5, 0.6) is 5.75 Å². The fourth-order valence-electron chi connectivity index (χ4n) is 2.44. The van der Waals surface area contributed by atoms with Gasteiger partial charge in [-0.3, -0.25) is 4.79 Å². The number of halogens is 2. The second-order valence-electron chi connectivity index (χ2n) is 5.17. The molecule has 0 aliphatic rings. The number of benzene rings is 2. The Hall–Kier alpha value is -2.43. The third-order valence-corrected chi connectivity index (χ3v) is 3.61. The lowest BCUT2D eigenvalue weighted by Gasteiger charge is -2.21. The van der Waals surface area contributed by atoms with Crippen LogP contribution in [0.25, 0.3) is 0 Å². The fourth-order valence-corrected chi connectivity index (χ4v) is 2.44. The SMILES string of the molecule is CC[C@H](NC(=O)c1ccccc1C)c1ccccc1OC(F)F. The molecule has 5 heteroatoms. The van der Waals surface area contributed by atoms with Crippen molar-refractivity contribution in [2.24, 2.45) is 0 Å². The Morgan fingerprint density at radius 3 is 2.43 bits per heavy atom. The zero-order valence-corrected chi connectivity index (χ0v) is 13.1. The molecule has 2 aromatic carbocycles. The Morgan fingerprint density at radius 1 is 1.13 bits per heavy atom. The van der Waals surface area contributed by atoms with E-state index in [1.54, 1.807) is 30.3 Å². The van der Waals surface area contributed by atoms with Gasteiger partial charge in [0.25, 0.3) is 5.91 Å². The average Bonchev–Trinajstić information content (AvgIpc) is 2.53. The summed E-state index contributed by atoms with van der Waals surface area (Å²) in [4.78, 5) is 12.4. The third kappa shape index (κ3) is 4.28. The van der Waals surface area contributed by atoms with E-state index in [9.17, 15) is 13.6 Å². The highest BCUT2D eigenvalue weighted by atomic mass is 19.3. The molecule has 23 heavy (non-hydrogen) atoms. The first kappa shape index (κ1) is 16.9. The summed E-state index contributed by atoms with van der Waals surface area (Å²) in [7, 11) is 0. The molecule has 0 saturated heterocycles. The number of hydrogen-bond donors (Lipinski definition) is 1. The van der Waals surface area contributed by atoms with Gasteiger partial charge in [-0.05, 0) is 31.0 Å². The predicted molar refractivity (Wildman–Crippen MR) is 84.8 cm³/mol. The van der Waals surface area contributed by atoms with Crippen LogP contribution in [-0.4, -0.2) is 12.5 Å². The highest BCUT2D eigenvalue weighted by Crippen LogP contribution is 2.28. The minimum atomic E-state index is -2.90. The smallest absolute Gasteiger partial charge is 0.387 e. The number of nitrogens with one attached hydrogen (secondary N) is 1. The van der Waals surface area contributed by atoms with Crippen molar-refractivity contribution in [2.45, 2.75) is 32.9 Å². The number of amides is 1. The van der Waals surface area contributed by atoms with Crippen LogP contribution in [0.15, 0.2) is 48.5 Å². The summed E-state index contributed by atoms with van der Waals surface area (Å²) in [6.07, 6.45) is 0.557. The largest absolute Gasteiger partial charge is 0.434 e. The molecule has 0 saturated carbocycles. The van der Waals surface area contributed by atoms with Crippen LogP contribution in [0.4, 0.5) is 8.78 Å². The normalized spacial score (nSPS) is 12.0. The van der Waals surface area contributed by atoms with Crippen molar-refractivity contribution in [1.29, 1.82) is 0 Å². The van der Waals surface area contributed by atoms with Crippen LogP contribution < -0.4 is 10.1 Å². The van der Waals surface area contributed by atoms with E-state index in [1.165, 1.54) is 6.07 Å². The Balaban J connectivity index is 2.24. The van der Waals surface area contributed by atoms with Gasteiger partial charge in [-0.15, -0.1) is 0 Å². The standard InChI is InChI=1S/C18H19F2NO2/c1-3-15(14-10-6-7-11-16(14)23-18(19)20)21-17(22)13-9-5-4-8-12(13)2/h4-11,15,18H,3H2,1-2H3,(H,21,22)/t15-/m0/s1. The minimum Gasteiger partial charge on any atom is -0.434 e. The summed E-state index contributed by atoms with van der Waals surface area (Å²) in [6.45, 7) is 0.826. The molecule has 0 radical (unpaired) electrons. The molecule has 1 amide bonds. The van der Waals surface area contributed by atoms with Gasteiger partial charge in [-0.2, -0.15) is 8.78 Å². The minimum absolute atomic E-state index is 0.0828. The number of carbonyl (C=O) groups excluding carboxylic acids is 1. The maximum atomic E-state index is 12.5. The van der Waals surface area contributed by atoms with Gasteiger partial charge in [0.15, 0.2) is 0 Å². The van der Waals surface area contributed by atoms with Crippen molar-refractivity contribution in [1.82, 2.24) is 5.32 Å². The monoisotopic (exact) mass is 319 g/mol. The highest BCUT2D eigenvalue weighted by Gasteiger charge is 2.20. The molecular formula is C18H19F2NO2. The number of aryl methyl sites for hydroxylation is 1. The summed E-state index contributed by atoms with van der Waals surface area (Å²) >= 11 is 0. The van der Waals surface area contributed by atoms with Crippen LogP contribution in [0.3, 0.4) is 0 Å². The number of hydrogen-bond acceptors (Lipinski definition) is 2. The lowest BCUT2D eigenvalue weighted by Crippen LogP contribution is -2.29. The van der Waals surface area contributed by atoms with Gasteiger partial charge < -0.3 is 10.1 Å². The van der Waals surface area contributed by atoms with E-state index in [4.69, 9.17) is 0 Å². The molecule has 3 nitrogen and oxygen atoms in total. The summed E-state index contributed by atoms with van der Waals surface area (Å²) in [6, 6.07) is 13.3. The molecule has 2 rings (SSSR count). The van der Waals surface area contributed by atoms with E-state index >= 15 is 0 Å². The molecule has 0 spiro atoms. The van der Waals surface area contributed by atoms with E-state index in [2.05, 4.69) is 10.1 Å². The molecule has 2 aromatic rings. The van der Waals surface area contributed by atoms with Crippen molar-refractivity contribution in [3.05, 3.63) is 65.2 Å². The van der Waals surface area contributed by atoms with Crippen molar-refractivity contribution < 1.29 is 18.3 Å². The predicted octanol–water partition coefficient (Wildman–Crippen LogP) is 4.48. The topological polar surface area (TPSA) is 38.3 Å². The number of para-hydroxylation sites is 1. The van der Waals surface area contributed by atoms with Crippen molar-refractivity contribution in [3.8, 4) is 5.75 Å². The van der Waals surface area contributed by atoms with Crippen LogP contribution >= 0.6 is 0 Å². The maximum Gasteiger partial charge on any atom is 0.387 e. The molecule has 0 heterocycles. The van der Waals surface area contributed by atoms with E-state index in [1.807, 2.05) is 26.0 Å². The van der Waals surface area contributed by atoms with Gasteiger partial charge in [-0.1, -0.05) is 43.3 Å². The van der Waals surface area contributed by atoms with E-state index in [-0.39, 0.29) is 11.7 Å². The van der Waals surface area contributed by atoms with Crippen molar-refractivity contribution >= 4 is 5.91 Å². The van der Waals surface area contributed by atoms with Gasteiger partial charge in [0.2, 0.25) is 0 Å². The fraction of sp³-hybridized carbons (Fsp3) is 0.278. The first-order valence-electron chi connectivity index (χ1n) is 7.43. The van der Waals surface area contributed by atoms with E-state index < -0.39 is 12.7 Å². The van der Waals surface area contributed by atoms with Crippen LogP contribution in [0, 0.1) is 6.92 Å². The molecule has 0 aromatic heterocycles. The molecule has 1 N–H and O–H groups in total. The summed E-state index contributed by atoms with van der Waals surface area (Å²) in [5, 5.41) is 2.89. The summed E-state index contributed by atoms with van der Waals surface area (Å²) in [5.41, 5.74) is 1.97. The molecular weight excluding hydrogens is 300 g/mol. The van der Waals surface area contributed by atoms with Gasteiger partial charge in [0, 0.05) is 11.1 Å². The lowest BCUT2D eigenvalue weighted by atomic mass is 10.0. The first-order chi connectivity index (χ1) is 11.0. The zero-order chi connectivity index (χ0) is 16.8. The number of rotatable bonds is 6. The van der Waals surface area contributed by atoms with Gasteiger partial charge in [0.1, 0.15) is 5.75 Å². The third-order valence-electron chi connectivity index (χ3n) is 3.61. The second kappa shape index (κ2) is 7.72. The van der Waals surface area contributed by atoms with Crippen molar-refractivity contribution in [2.75, 3.05) is 0 Å². The highest BCUT2D eigenvalue weighted by molar-refractivity contribution is 5.95. The molecule has 0 unspecified atom stereocenters. The Bertz CT molecular complexity index is 674. The summed E-state index contributed by atoms with van der Waals surface area (Å²) < 4.78 is 29.6. The van der Waals surface area contributed by atoms with Gasteiger partial charge >= 0.3 is 6.61 Å². The zero-order valence-electron chi connectivity index (χ0n) is 13.1. The average molecular weight is 319 g/mol. The van der Waals surface area contributed by atoms with Crippen LogP contribution in [0.2, 0.25) is 0 Å². The molecule has 0 aliphatic carbocycles. The van der Waals surface area contributed by atoms with Crippen LogP contribution in [-0.2, 0) is 0 Å². The number of carbonyl (C=O) groups is 1. The van der Waals surface area contributed by atoms with E-state index in [0.29, 0.717) is 17.5 Å². The number of ether oxygens (including phenoxy) is 1. The second-order valence-corrected chi connectivity index (χ2v) is 5.17. The Labute approximate surface area is 134 Å². The first-order valence-corrected chi connectivity index (χ1v) is 7.43. The molecule has 1 atom stereocenters. The van der Waals surface area contributed by atoms with Gasteiger partial charge in [0.05, 0.1) is 6.04 Å². The lowest BCUT2D eigenvalue weighted by molar-refractivity contribution is -0.0506. The molecule has 122 valence electrons. The Morgan fingerprint density at radius 2 is 1.78 bits per heavy atom.